The summed E-state index contributed by atoms with van der Waals surface area (Å²) in [6, 6.07) is 0. The molecule has 0 unspecified atom stereocenters. The highest BCUT2D eigenvalue weighted by molar-refractivity contribution is 5.86. The number of piperidine rings is 1. The minimum atomic E-state index is -0.0918. The molecule has 0 saturated carbocycles. The van der Waals surface area contributed by atoms with E-state index < -0.39 is 0 Å². The molecule has 2 rings (SSSR count). The van der Waals surface area contributed by atoms with E-state index in [1.165, 1.54) is 0 Å². The first-order valence-corrected chi connectivity index (χ1v) is 8.14. The van der Waals surface area contributed by atoms with Crippen molar-refractivity contribution in [3.8, 4) is 0 Å². The van der Waals surface area contributed by atoms with Gasteiger partial charge >= 0.3 is 0 Å². The third-order valence-corrected chi connectivity index (χ3v) is 4.26. The fourth-order valence-electron chi connectivity index (χ4n) is 2.89. The van der Waals surface area contributed by atoms with E-state index in [9.17, 15) is 14.4 Å². The quantitative estimate of drug-likeness (QED) is 0.695. The highest BCUT2D eigenvalue weighted by atomic mass is 16.2. The van der Waals surface area contributed by atoms with Gasteiger partial charge in [0.1, 0.15) is 0 Å². The number of amides is 3. The Bertz CT molecular complexity index is 419. The Labute approximate surface area is 131 Å². The zero-order valence-corrected chi connectivity index (χ0v) is 13.3. The highest BCUT2D eigenvalue weighted by Gasteiger charge is 2.28. The lowest BCUT2D eigenvalue weighted by Gasteiger charge is -2.33. The molecule has 0 bridgehead atoms. The number of rotatable bonds is 5. The lowest BCUT2D eigenvalue weighted by atomic mass is 9.96. The smallest absolute Gasteiger partial charge is 0.239 e. The molecule has 0 radical (unpaired) electrons. The molecule has 2 aliphatic rings. The number of nitrogens with one attached hydrogen (secondary N) is 2. The van der Waals surface area contributed by atoms with Gasteiger partial charge in [-0.3, -0.25) is 19.3 Å². The summed E-state index contributed by atoms with van der Waals surface area (Å²) in [4.78, 5) is 39.1. The Morgan fingerprint density at radius 3 is 2.64 bits per heavy atom. The summed E-state index contributed by atoms with van der Waals surface area (Å²) in [5, 5.41) is 5.65. The second-order valence-electron chi connectivity index (χ2n) is 6.01. The SMILES string of the molecule is CCCNC(=O)C1CCN(CC(=O)N2CCNC(=O)C2)CC1. The molecule has 124 valence electrons. The van der Waals surface area contributed by atoms with Gasteiger partial charge in [-0.05, 0) is 32.4 Å². The van der Waals surface area contributed by atoms with Gasteiger partial charge in [0.25, 0.3) is 0 Å². The van der Waals surface area contributed by atoms with Crippen molar-refractivity contribution in [1.82, 2.24) is 20.4 Å². The maximum atomic E-state index is 12.2. The second-order valence-corrected chi connectivity index (χ2v) is 6.01. The van der Waals surface area contributed by atoms with Gasteiger partial charge in [0, 0.05) is 25.6 Å². The normalized spacial score (nSPS) is 20.6. The minimum Gasteiger partial charge on any atom is -0.356 e. The number of hydrogen-bond acceptors (Lipinski definition) is 4. The lowest BCUT2D eigenvalue weighted by Crippen LogP contribution is -2.53. The highest BCUT2D eigenvalue weighted by Crippen LogP contribution is 2.17. The molecule has 2 heterocycles. The molecule has 0 atom stereocenters. The average Bonchev–Trinajstić information content (AvgIpc) is 2.53. The summed E-state index contributed by atoms with van der Waals surface area (Å²) in [7, 11) is 0. The van der Waals surface area contributed by atoms with E-state index in [0.29, 0.717) is 19.6 Å². The summed E-state index contributed by atoms with van der Waals surface area (Å²) in [5.41, 5.74) is 0. The Hall–Kier alpha value is -1.63. The van der Waals surface area contributed by atoms with Crippen molar-refractivity contribution in [2.45, 2.75) is 26.2 Å². The van der Waals surface area contributed by atoms with Crippen LogP contribution in [0.5, 0.6) is 0 Å². The van der Waals surface area contributed by atoms with Crippen LogP contribution in [0.3, 0.4) is 0 Å². The molecular weight excluding hydrogens is 284 g/mol. The molecule has 0 aliphatic carbocycles. The fourth-order valence-corrected chi connectivity index (χ4v) is 2.89. The summed E-state index contributed by atoms with van der Waals surface area (Å²) in [6.45, 7) is 5.91. The van der Waals surface area contributed by atoms with Gasteiger partial charge in [-0.2, -0.15) is 0 Å². The zero-order chi connectivity index (χ0) is 15.9. The van der Waals surface area contributed by atoms with E-state index in [2.05, 4.69) is 15.5 Å². The van der Waals surface area contributed by atoms with Crippen molar-refractivity contribution in [2.75, 3.05) is 45.8 Å². The number of carbonyl (C=O) groups is 3. The van der Waals surface area contributed by atoms with E-state index in [1.54, 1.807) is 4.90 Å². The van der Waals surface area contributed by atoms with E-state index in [-0.39, 0.29) is 30.2 Å². The molecule has 0 spiro atoms. The van der Waals surface area contributed by atoms with Crippen molar-refractivity contribution in [2.24, 2.45) is 5.92 Å². The van der Waals surface area contributed by atoms with Crippen LogP contribution in [-0.2, 0) is 14.4 Å². The molecule has 0 aromatic heterocycles. The maximum Gasteiger partial charge on any atom is 0.239 e. The predicted octanol–water partition coefficient (Wildman–Crippen LogP) is -0.817. The van der Waals surface area contributed by atoms with Crippen LogP contribution >= 0.6 is 0 Å². The summed E-state index contributed by atoms with van der Waals surface area (Å²) in [6.07, 6.45) is 2.54. The van der Waals surface area contributed by atoms with Crippen molar-refractivity contribution in [3.63, 3.8) is 0 Å². The molecule has 2 fully saturated rings. The lowest BCUT2D eigenvalue weighted by molar-refractivity contribution is -0.139. The molecule has 0 aromatic rings. The number of piperazine rings is 1. The van der Waals surface area contributed by atoms with Crippen LogP contribution in [0.1, 0.15) is 26.2 Å². The standard InChI is InChI=1S/C15H26N4O3/c1-2-5-17-15(22)12-3-7-18(8-4-12)11-14(21)19-9-6-16-13(20)10-19/h12H,2-11H2,1H3,(H,16,20)(H,17,22). The Morgan fingerprint density at radius 2 is 2.00 bits per heavy atom. The minimum absolute atomic E-state index is 0.00346. The van der Waals surface area contributed by atoms with E-state index in [0.717, 1.165) is 38.9 Å². The third kappa shape index (κ3) is 4.69. The molecule has 2 N–H and O–H groups in total. The van der Waals surface area contributed by atoms with Crippen molar-refractivity contribution >= 4 is 17.7 Å². The zero-order valence-electron chi connectivity index (χ0n) is 13.3. The first-order valence-electron chi connectivity index (χ1n) is 8.14. The second kappa shape index (κ2) is 8.12. The largest absolute Gasteiger partial charge is 0.356 e. The number of hydrogen-bond donors (Lipinski definition) is 2. The van der Waals surface area contributed by atoms with Gasteiger partial charge in [0.15, 0.2) is 0 Å². The number of carbonyl (C=O) groups excluding carboxylic acids is 3. The van der Waals surface area contributed by atoms with Gasteiger partial charge in [-0.15, -0.1) is 0 Å². The van der Waals surface area contributed by atoms with Crippen LogP contribution in [0.25, 0.3) is 0 Å². The van der Waals surface area contributed by atoms with E-state index in [4.69, 9.17) is 0 Å². The van der Waals surface area contributed by atoms with Gasteiger partial charge in [-0.1, -0.05) is 6.92 Å². The molecule has 7 heteroatoms. The summed E-state index contributed by atoms with van der Waals surface area (Å²) >= 11 is 0. The fraction of sp³-hybridized carbons (Fsp3) is 0.800. The van der Waals surface area contributed by atoms with Gasteiger partial charge in [-0.25, -0.2) is 0 Å². The van der Waals surface area contributed by atoms with Crippen LogP contribution in [0.2, 0.25) is 0 Å². The van der Waals surface area contributed by atoms with E-state index >= 15 is 0 Å². The molecule has 7 nitrogen and oxygen atoms in total. The Kier molecular flexibility index (Phi) is 6.18. The van der Waals surface area contributed by atoms with Crippen LogP contribution in [0.15, 0.2) is 0 Å². The van der Waals surface area contributed by atoms with Crippen molar-refractivity contribution in [1.29, 1.82) is 0 Å². The maximum absolute atomic E-state index is 12.2. The average molecular weight is 310 g/mol. The first kappa shape index (κ1) is 16.7. The van der Waals surface area contributed by atoms with Gasteiger partial charge in [0.05, 0.1) is 13.1 Å². The number of likely N-dealkylation sites (tertiary alicyclic amines) is 1. The predicted molar refractivity (Wildman–Crippen MR) is 82.1 cm³/mol. The van der Waals surface area contributed by atoms with Crippen LogP contribution in [0.4, 0.5) is 0 Å². The van der Waals surface area contributed by atoms with Crippen LogP contribution < -0.4 is 10.6 Å². The Balaban J connectivity index is 1.71. The van der Waals surface area contributed by atoms with Crippen LogP contribution in [0, 0.1) is 5.92 Å². The molecule has 22 heavy (non-hydrogen) atoms. The van der Waals surface area contributed by atoms with Crippen LogP contribution in [-0.4, -0.2) is 73.3 Å². The molecule has 0 aromatic carbocycles. The van der Waals surface area contributed by atoms with Crippen molar-refractivity contribution < 1.29 is 14.4 Å². The third-order valence-electron chi connectivity index (χ3n) is 4.26. The first-order chi connectivity index (χ1) is 10.6. The van der Waals surface area contributed by atoms with Crippen molar-refractivity contribution in [3.05, 3.63) is 0 Å². The summed E-state index contributed by atoms with van der Waals surface area (Å²) < 4.78 is 0. The van der Waals surface area contributed by atoms with Gasteiger partial charge in [0.2, 0.25) is 17.7 Å². The number of nitrogens with zero attached hydrogens (tertiary/aromatic N) is 2. The van der Waals surface area contributed by atoms with Gasteiger partial charge < -0.3 is 15.5 Å². The summed E-state index contributed by atoms with van der Waals surface area (Å²) in [5.74, 6) is 0.119. The molecule has 3 amide bonds. The Morgan fingerprint density at radius 1 is 1.27 bits per heavy atom. The molecule has 2 saturated heterocycles. The molecule has 2 aliphatic heterocycles. The molecular formula is C15H26N4O3. The monoisotopic (exact) mass is 310 g/mol. The van der Waals surface area contributed by atoms with E-state index in [1.807, 2.05) is 6.92 Å². The topological polar surface area (TPSA) is 81.8 Å².